The van der Waals surface area contributed by atoms with Gasteiger partial charge < -0.3 is 49.8 Å². The number of amides is 2. The molecule has 1 fully saturated rings. The minimum absolute atomic E-state index is 0.0154. The molecule has 0 aromatic carbocycles. The molecule has 0 spiro atoms. The number of unbranched alkanes of at least 4 members (excludes halogenated alkanes) is 22. The monoisotopic (exact) mass is 967 g/mol. The minimum Gasteiger partial charge on any atom is -0.462 e. The van der Waals surface area contributed by atoms with E-state index in [9.17, 15) is 44.0 Å². The maximum Gasteiger partial charge on any atom is 0.473 e. The van der Waals surface area contributed by atoms with E-state index in [4.69, 9.17) is 28.0 Å². The van der Waals surface area contributed by atoms with Crippen molar-refractivity contribution in [1.29, 1.82) is 0 Å². The van der Waals surface area contributed by atoms with Gasteiger partial charge in [-0.15, -0.1) is 0 Å². The third-order valence-corrected chi connectivity index (χ3v) is 12.7. The zero-order valence-electron chi connectivity index (χ0n) is 41.1. The molecule has 1 saturated heterocycles. The molecule has 1 aliphatic rings. The summed E-state index contributed by atoms with van der Waals surface area (Å²) < 4.78 is 46.6. The van der Waals surface area contributed by atoms with Crippen molar-refractivity contribution in [2.45, 2.75) is 250 Å². The zero-order chi connectivity index (χ0) is 48.8. The lowest BCUT2D eigenvalue weighted by Crippen LogP contribution is -2.65. The number of esters is 2. The first-order chi connectivity index (χ1) is 31.8. The summed E-state index contributed by atoms with van der Waals surface area (Å²) in [6.07, 6.45) is 17.4. The molecule has 0 saturated carbocycles. The van der Waals surface area contributed by atoms with E-state index in [2.05, 4.69) is 31.4 Å². The van der Waals surface area contributed by atoms with Crippen molar-refractivity contribution < 1.29 is 72.0 Å². The summed E-state index contributed by atoms with van der Waals surface area (Å²) in [6, 6.07) is -1.35. The van der Waals surface area contributed by atoms with Crippen molar-refractivity contribution in [3.05, 3.63) is 0 Å². The molecule has 0 aromatic heterocycles. The summed E-state index contributed by atoms with van der Waals surface area (Å²) in [5.74, 6) is -2.45. The molecule has 66 heavy (non-hydrogen) atoms. The van der Waals surface area contributed by atoms with Crippen molar-refractivity contribution in [1.82, 2.24) is 10.6 Å². The van der Waals surface area contributed by atoms with Gasteiger partial charge in [0.25, 0.3) is 5.91 Å². The first-order valence-electron chi connectivity index (χ1n) is 25.6. The van der Waals surface area contributed by atoms with Crippen molar-refractivity contribution in [2.24, 2.45) is 0 Å². The summed E-state index contributed by atoms with van der Waals surface area (Å²) in [5.41, 5.74) is 0. The van der Waals surface area contributed by atoms with Gasteiger partial charge in [-0.3, -0.25) is 28.2 Å². The number of aliphatic hydroxyl groups excluding tert-OH is 3. The highest BCUT2D eigenvalue weighted by Crippen LogP contribution is 2.45. The van der Waals surface area contributed by atoms with Crippen molar-refractivity contribution in [3.63, 3.8) is 0 Å². The van der Waals surface area contributed by atoms with Crippen LogP contribution in [0.15, 0.2) is 0 Å². The number of hydrogen-bond donors (Lipinski definition) is 6. The average Bonchev–Trinajstić information content (AvgIpc) is 3.30. The van der Waals surface area contributed by atoms with Crippen LogP contribution in [-0.4, -0.2) is 120 Å². The predicted molar refractivity (Wildman–Crippen MR) is 252 cm³/mol. The van der Waals surface area contributed by atoms with Gasteiger partial charge in [0.05, 0.1) is 19.8 Å². The molecule has 6 N–H and O–H groups in total. The van der Waals surface area contributed by atoms with Gasteiger partial charge >= 0.3 is 19.8 Å². The molecule has 1 unspecified atom stereocenters. The van der Waals surface area contributed by atoms with Crippen molar-refractivity contribution in [3.8, 4) is 0 Å². The molecule has 18 heteroatoms. The Kier molecular flexibility index (Phi) is 37.1. The van der Waals surface area contributed by atoms with E-state index >= 15 is 0 Å². The molecule has 0 aromatic rings. The van der Waals surface area contributed by atoms with Gasteiger partial charge in [-0.2, -0.15) is 0 Å². The van der Waals surface area contributed by atoms with Crippen molar-refractivity contribution in [2.75, 3.05) is 33.0 Å². The third kappa shape index (κ3) is 30.3. The van der Waals surface area contributed by atoms with Crippen LogP contribution >= 0.6 is 7.82 Å². The van der Waals surface area contributed by atoms with Crippen LogP contribution in [0.1, 0.15) is 207 Å². The molecule has 1 aliphatic heterocycles. The summed E-state index contributed by atoms with van der Waals surface area (Å²) >= 11 is 0. The fraction of sp³-hybridized carbons (Fsp3) is 0.917. The average molecular weight is 967 g/mol. The van der Waals surface area contributed by atoms with Gasteiger partial charge in [-0.05, 0) is 19.3 Å². The first kappa shape index (κ1) is 61.8. The van der Waals surface area contributed by atoms with E-state index in [1.165, 1.54) is 57.8 Å². The molecule has 0 bridgehead atoms. The van der Waals surface area contributed by atoms with Gasteiger partial charge in [-0.1, -0.05) is 169 Å². The van der Waals surface area contributed by atoms with E-state index in [0.29, 0.717) is 19.3 Å². The van der Waals surface area contributed by atoms with E-state index in [0.717, 1.165) is 83.5 Å². The van der Waals surface area contributed by atoms with Gasteiger partial charge in [-0.25, -0.2) is 4.57 Å². The highest BCUT2D eigenvalue weighted by Gasteiger charge is 2.46. The molecular formula is C48H91N2O15P. The van der Waals surface area contributed by atoms with Crippen LogP contribution in [0.3, 0.4) is 0 Å². The number of nitrogens with one attached hydrogen (secondary N) is 2. The quantitative estimate of drug-likeness (QED) is 0.0193. The number of ether oxygens (including phenoxy) is 4. The van der Waals surface area contributed by atoms with Gasteiger partial charge in [0, 0.05) is 25.8 Å². The summed E-state index contributed by atoms with van der Waals surface area (Å²) in [5, 5.41) is 36.3. The number of rotatable bonds is 43. The number of carbonyl (C=O) groups excluding carboxylic acids is 4. The number of hydrogen-bond acceptors (Lipinski definition) is 14. The lowest BCUT2D eigenvalue weighted by Gasteiger charge is -2.42. The Labute approximate surface area is 396 Å². The smallest absolute Gasteiger partial charge is 0.462 e. The fourth-order valence-electron chi connectivity index (χ4n) is 7.56. The molecule has 1 heterocycles. The number of aliphatic hydroxyl groups is 3. The fourth-order valence-corrected chi connectivity index (χ4v) is 8.45. The van der Waals surface area contributed by atoms with E-state index in [-0.39, 0.29) is 25.8 Å². The van der Waals surface area contributed by atoms with Crippen LogP contribution in [-0.2, 0) is 51.7 Å². The largest absolute Gasteiger partial charge is 0.473 e. The molecule has 0 radical (unpaired) electrons. The van der Waals surface area contributed by atoms with Crippen LogP contribution in [0.4, 0.5) is 0 Å². The van der Waals surface area contributed by atoms with Crippen LogP contribution < -0.4 is 10.6 Å². The molecular weight excluding hydrogens is 876 g/mol. The van der Waals surface area contributed by atoms with E-state index in [1.54, 1.807) is 6.92 Å². The first-order valence-corrected chi connectivity index (χ1v) is 27.1. The van der Waals surface area contributed by atoms with E-state index < -0.39 is 101 Å². The normalized spacial score (nSPS) is 20.3. The molecule has 17 nitrogen and oxygen atoms in total. The minimum atomic E-state index is -5.15. The maximum atomic E-state index is 13.6. The maximum absolute atomic E-state index is 13.6. The second-order valence-electron chi connectivity index (χ2n) is 17.7. The Morgan fingerprint density at radius 3 is 1.62 bits per heavy atom. The molecule has 0 aliphatic carbocycles. The highest BCUT2D eigenvalue weighted by atomic mass is 31.2. The summed E-state index contributed by atoms with van der Waals surface area (Å²) in [7, 11) is -5.15. The number of phosphoric ester groups is 1. The zero-order valence-corrected chi connectivity index (χ0v) is 42.0. The topological polar surface area (TPSA) is 246 Å². The molecule has 8 atom stereocenters. The number of phosphoric acid groups is 1. The summed E-state index contributed by atoms with van der Waals surface area (Å²) in [6.45, 7) is 5.62. The lowest BCUT2D eigenvalue weighted by atomic mass is 9.97. The SMILES string of the molecule is CCCCCCCCCCCCCCCNC(=O)[C@H](CO[C@H]1O[C@@H](CO)[C@@H](O)[C@@H](O)[C@@H]1NC(=O)CC)OP(=O)(O)OC[C@H](COC(=O)CCCCCCCCC)OC(=O)CCCCCCC. The number of carbonyl (C=O) groups is 4. The van der Waals surface area contributed by atoms with Gasteiger partial charge in [0.1, 0.15) is 31.0 Å². The Balaban J connectivity index is 3.01. The Hall–Kier alpha value is -2.21. The standard InChI is InChI=1S/C48H91N2O15P/c1-5-9-12-15-17-18-19-20-21-22-24-27-30-33-49-47(57)40(37-61-48-44(50-41(52)8-4)46(56)45(55)39(34-51)64-48)65-66(58,59)62-36-38(63-43(54)32-29-25-14-11-7-3)35-60-42(53)31-28-26-23-16-13-10-6-2/h38-40,44-46,48,51,55-56H,5-37H2,1-4H3,(H,49,57)(H,50,52)(H,58,59)/t38-,39-,40-,44-,45+,46-,48-/m0/s1. The van der Waals surface area contributed by atoms with Crippen LogP contribution in [0.5, 0.6) is 0 Å². The second kappa shape index (κ2) is 39.6. The van der Waals surface area contributed by atoms with Gasteiger partial charge in [0.2, 0.25) is 5.91 Å². The highest BCUT2D eigenvalue weighted by molar-refractivity contribution is 7.47. The Bertz CT molecular complexity index is 1310. The van der Waals surface area contributed by atoms with Crippen molar-refractivity contribution >= 4 is 31.6 Å². The third-order valence-electron chi connectivity index (χ3n) is 11.7. The van der Waals surface area contributed by atoms with Crippen LogP contribution in [0, 0.1) is 0 Å². The molecule has 388 valence electrons. The van der Waals surface area contributed by atoms with E-state index in [1.807, 2.05) is 0 Å². The lowest BCUT2D eigenvalue weighted by molar-refractivity contribution is -0.273. The van der Waals surface area contributed by atoms with Gasteiger partial charge in [0.15, 0.2) is 18.5 Å². The predicted octanol–water partition coefficient (Wildman–Crippen LogP) is 8.00. The molecule has 2 amide bonds. The Morgan fingerprint density at radius 2 is 1.12 bits per heavy atom. The Morgan fingerprint density at radius 1 is 0.636 bits per heavy atom. The van der Waals surface area contributed by atoms with Crippen LogP contribution in [0.25, 0.3) is 0 Å². The summed E-state index contributed by atoms with van der Waals surface area (Å²) in [4.78, 5) is 62.3. The molecule has 1 rings (SSSR count). The second-order valence-corrected chi connectivity index (χ2v) is 19.1. The van der Waals surface area contributed by atoms with Crippen LogP contribution in [0.2, 0.25) is 0 Å².